The number of nitrogens with zero attached hydrogens (tertiary/aromatic N) is 1. The first-order chi connectivity index (χ1) is 8.16. The van der Waals surface area contributed by atoms with Gasteiger partial charge < -0.3 is 5.32 Å². The number of hydrogen-bond acceptors (Lipinski definition) is 3. The van der Waals surface area contributed by atoms with Gasteiger partial charge >= 0.3 is 0 Å². The molecule has 1 aromatic heterocycles. The third-order valence-electron chi connectivity index (χ3n) is 2.73. The molecule has 0 aliphatic heterocycles. The first-order valence-corrected chi connectivity index (χ1v) is 6.82. The summed E-state index contributed by atoms with van der Waals surface area (Å²) in [4.78, 5) is 5.34. The van der Waals surface area contributed by atoms with E-state index in [4.69, 9.17) is 11.6 Å². The largest absolute Gasteiger partial charge is 0.303 e. The fourth-order valence-corrected chi connectivity index (χ4v) is 2.60. The van der Waals surface area contributed by atoms with Crippen LogP contribution in [0.2, 0.25) is 5.02 Å². The predicted octanol–water partition coefficient (Wildman–Crippen LogP) is 4.21. The van der Waals surface area contributed by atoms with Crippen LogP contribution < -0.4 is 5.32 Å². The minimum atomic E-state index is 0.269. The maximum Gasteiger partial charge on any atom is 0.0794 e. The Kier molecular flexibility index (Phi) is 4.15. The molecule has 0 amide bonds. The molecule has 90 valence electrons. The summed E-state index contributed by atoms with van der Waals surface area (Å²) in [5.74, 6) is 0. The van der Waals surface area contributed by atoms with Gasteiger partial charge in [0, 0.05) is 28.2 Å². The molecule has 0 aliphatic carbocycles. The van der Waals surface area contributed by atoms with Gasteiger partial charge in [0.15, 0.2) is 0 Å². The van der Waals surface area contributed by atoms with Gasteiger partial charge in [-0.3, -0.25) is 4.98 Å². The molecule has 4 heteroatoms. The van der Waals surface area contributed by atoms with E-state index in [0.29, 0.717) is 6.04 Å². The van der Waals surface area contributed by atoms with Crippen molar-refractivity contribution >= 4 is 22.9 Å². The molecule has 0 saturated carbocycles. The third-order valence-corrected chi connectivity index (χ3v) is 3.92. The first kappa shape index (κ1) is 12.6. The number of halogens is 1. The van der Waals surface area contributed by atoms with E-state index in [-0.39, 0.29) is 6.04 Å². The van der Waals surface area contributed by atoms with Crippen LogP contribution in [0.15, 0.2) is 36.0 Å². The van der Waals surface area contributed by atoms with Crippen molar-refractivity contribution in [3.63, 3.8) is 0 Å². The summed E-state index contributed by atoms with van der Waals surface area (Å²) in [5, 5.41) is 4.32. The lowest BCUT2D eigenvalue weighted by molar-refractivity contribution is 0.499. The number of benzene rings is 1. The summed E-state index contributed by atoms with van der Waals surface area (Å²) in [6, 6.07) is 8.53. The molecule has 1 aromatic carbocycles. The Hall–Kier alpha value is -0.900. The minimum absolute atomic E-state index is 0.269. The first-order valence-electron chi connectivity index (χ1n) is 5.56. The Balaban J connectivity index is 2.04. The lowest BCUT2D eigenvalue weighted by Crippen LogP contribution is -2.21. The van der Waals surface area contributed by atoms with E-state index < -0.39 is 0 Å². The lowest BCUT2D eigenvalue weighted by Gasteiger charge is -2.19. The third kappa shape index (κ3) is 3.28. The highest BCUT2D eigenvalue weighted by molar-refractivity contribution is 7.09. The average molecular weight is 267 g/mol. The van der Waals surface area contributed by atoms with E-state index in [9.17, 15) is 0 Å². The monoisotopic (exact) mass is 266 g/mol. The maximum atomic E-state index is 5.99. The SMILES string of the molecule is CC(N[C@@H](C)c1cccc(Cl)c1)c1cncs1. The maximum absolute atomic E-state index is 5.99. The second-order valence-electron chi connectivity index (χ2n) is 4.07. The fourth-order valence-electron chi connectivity index (χ4n) is 1.77. The van der Waals surface area contributed by atoms with Crippen LogP contribution in [0.1, 0.15) is 36.4 Å². The number of rotatable bonds is 4. The highest BCUT2D eigenvalue weighted by Gasteiger charge is 2.12. The van der Waals surface area contributed by atoms with E-state index in [0.717, 1.165) is 5.02 Å². The van der Waals surface area contributed by atoms with Crippen LogP contribution in [-0.4, -0.2) is 4.98 Å². The van der Waals surface area contributed by atoms with Gasteiger partial charge in [0.05, 0.1) is 5.51 Å². The number of aromatic nitrogens is 1. The Labute approximate surface area is 111 Å². The molecular weight excluding hydrogens is 252 g/mol. The molecule has 0 saturated heterocycles. The van der Waals surface area contributed by atoms with Gasteiger partial charge in [-0.25, -0.2) is 0 Å². The molecule has 1 N–H and O–H groups in total. The normalized spacial score (nSPS) is 14.5. The topological polar surface area (TPSA) is 24.9 Å². The van der Waals surface area contributed by atoms with E-state index >= 15 is 0 Å². The van der Waals surface area contributed by atoms with E-state index in [1.165, 1.54) is 10.4 Å². The molecule has 2 aromatic rings. The van der Waals surface area contributed by atoms with Crippen LogP contribution >= 0.6 is 22.9 Å². The van der Waals surface area contributed by atoms with Crippen molar-refractivity contribution in [2.75, 3.05) is 0 Å². The Morgan fingerprint density at radius 1 is 1.29 bits per heavy atom. The van der Waals surface area contributed by atoms with Crippen LogP contribution in [0.4, 0.5) is 0 Å². The molecule has 0 radical (unpaired) electrons. The van der Waals surface area contributed by atoms with Gasteiger partial charge in [0.1, 0.15) is 0 Å². The van der Waals surface area contributed by atoms with Gasteiger partial charge in [0.25, 0.3) is 0 Å². The van der Waals surface area contributed by atoms with Crippen molar-refractivity contribution in [1.29, 1.82) is 0 Å². The van der Waals surface area contributed by atoms with Crippen molar-refractivity contribution in [2.24, 2.45) is 0 Å². The van der Waals surface area contributed by atoms with Gasteiger partial charge in [0.2, 0.25) is 0 Å². The van der Waals surface area contributed by atoms with Crippen LogP contribution in [0.5, 0.6) is 0 Å². The molecule has 2 rings (SSSR count). The highest BCUT2D eigenvalue weighted by Crippen LogP contribution is 2.23. The molecule has 1 unspecified atom stereocenters. The second kappa shape index (κ2) is 5.63. The zero-order valence-electron chi connectivity index (χ0n) is 9.85. The average Bonchev–Trinajstić information content (AvgIpc) is 2.82. The second-order valence-corrected chi connectivity index (χ2v) is 5.42. The van der Waals surface area contributed by atoms with Gasteiger partial charge in [-0.05, 0) is 31.5 Å². The summed E-state index contributed by atoms with van der Waals surface area (Å²) in [5.41, 5.74) is 3.06. The number of nitrogens with one attached hydrogen (secondary N) is 1. The molecular formula is C13H15ClN2S. The summed E-state index contributed by atoms with van der Waals surface area (Å²) in [7, 11) is 0. The molecule has 2 atom stereocenters. The Morgan fingerprint density at radius 2 is 2.12 bits per heavy atom. The van der Waals surface area contributed by atoms with Gasteiger partial charge in [-0.2, -0.15) is 0 Å². The smallest absolute Gasteiger partial charge is 0.0794 e. The highest BCUT2D eigenvalue weighted by atomic mass is 35.5. The minimum Gasteiger partial charge on any atom is -0.303 e. The van der Waals surface area contributed by atoms with Crippen LogP contribution in [0, 0.1) is 0 Å². The number of hydrogen-bond donors (Lipinski definition) is 1. The molecule has 0 spiro atoms. The standard InChI is InChI=1S/C13H15ClN2S/c1-9(11-4-3-5-12(14)6-11)16-10(2)13-7-15-8-17-13/h3-10,16H,1-2H3/t9-,10?/m0/s1. The summed E-state index contributed by atoms with van der Waals surface area (Å²) >= 11 is 7.66. The predicted molar refractivity (Wildman–Crippen MR) is 73.5 cm³/mol. The number of thiazole rings is 1. The Morgan fingerprint density at radius 3 is 2.76 bits per heavy atom. The Bertz CT molecular complexity index is 470. The van der Waals surface area contributed by atoms with Crippen molar-refractivity contribution in [3.8, 4) is 0 Å². The van der Waals surface area contributed by atoms with E-state index in [1.54, 1.807) is 11.3 Å². The molecule has 2 nitrogen and oxygen atoms in total. The summed E-state index contributed by atoms with van der Waals surface area (Å²) < 4.78 is 0. The molecule has 0 bridgehead atoms. The van der Waals surface area contributed by atoms with E-state index in [2.05, 4.69) is 30.2 Å². The zero-order chi connectivity index (χ0) is 12.3. The van der Waals surface area contributed by atoms with E-state index in [1.807, 2.05) is 29.9 Å². The molecule has 0 aliphatic rings. The quantitative estimate of drug-likeness (QED) is 0.897. The van der Waals surface area contributed by atoms with Crippen molar-refractivity contribution in [2.45, 2.75) is 25.9 Å². The van der Waals surface area contributed by atoms with Crippen molar-refractivity contribution < 1.29 is 0 Å². The molecule has 1 heterocycles. The van der Waals surface area contributed by atoms with Crippen molar-refractivity contribution in [3.05, 3.63) is 51.4 Å². The summed E-state index contributed by atoms with van der Waals surface area (Å²) in [6.45, 7) is 4.29. The fraction of sp³-hybridized carbons (Fsp3) is 0.308. The molecule has 17 heavy (non-hydrogen) atoms. The van der Waals surface area contributed by atoms with Gasteiger partial charge in [-0.1, -0.05) is 23.7 Å². The van der Waals surface area contributed by atoms with Crippen LogP contribution in [-0.2, 0) is 0 Å². The lowest BCUT2D eigenvalue weighted by atomic mass is 10.1. The van der Waals surface area contributed by atoms with Gasteiger partial charge in [-0.15, -0.1) is 11.3 Å². The summed E-state index contributed by atoms with van der Waals surface area (Å²) in [6.07, 6.45) is 1.91. The molecule has 0 fully saturated rings. The van der Waals surface area contributed by atoms with Crippen LogP contribution in [0.25, 0.3) is 0 Å². The zero-order valence-corrected chi connectivity index (χ0v) is 11.4. The van der Waals surface area contributed by atoms with Crippen molar-refractivity contribution in [1.82, 2.24) is 10.3 Å². The van der Waals surface area contributed by atoms with Crippen LogP contribution in [0.3, 0.4) is 0 Å².